The van der Waals surface area contributed by atoms with Gasteiger partial charge in [0, 0.05) is 0 Å². The van der Waals surface area contributed by atoms with Gasteiger partial charge in [-0.15, -0.1) is 0 Å². The summed E-state index contributed by atoms with van der Waals surface area (Å²) >= 11 is 0. The largest absolute Gasteiger partial charge is 0.496 e. The van der Waals surface area contributed by atoms with Gasteiger partial charge in [-0.1, -0.05) is 0 Å². The predicted molar refractivity (Wildman–Crippen MR) is 82.3 cm³/mol. The number of aryl methyl sites for hydroxylation is 2. The smallest absolute Gasteiger partial charge is 0.329 e. The molecule has 0 saturated heterocycles. The summed E-state index contributed by atoms with van der Waals surface area (Å²) in [4.78, 5) is 3.46. The molecule has 0 atom stereocenters. The van der Waals surface area contributed by atoms with E-state index < -0.39 is 0 Å². The molecular weight excluding hydrogens is 264 g/mol. The molecule has 2 rings (SSSR count). The lowest BCUT2D eigenvalue weighted by molar-refractivity contribution is -0.00280. The first kappa shape index (κ1) is 14.8. The molecule has 0 spiro atoms. The van der Waals surface area contributed by atoms with Crippen LogP contribution in [-0.2, 0) is 0 Å². The highest BCUT2D eigenvalue weighted by Crippen LogP contribution is 2.23. The fourth-order valence-corrected chi connectivity index (χ4v) is 2.33. The van der Waals surface area contributed by atoms with E-state index in [1.165, 1.54) is 0 Å². The maximum Gasteiger partial charge on any atom is 0.329 e. The summed E-state index contributed by atoms with van der Waals surface area (Å²) in [5.41, 5.74) is 13.6. The second-order valence-electron chi connectivity index (χ2n) is 4.82. The molecule has 0 aromatic heterocycles. The molecule has 0 heterocycles. The van der Waals surface area contributed by atoms with Gasteiger partial charge < -0.3 is 15.0 Å². The van der Waals surface area contributed by atoms with E-state index in [2.05, 4.69) is 4.79 Å². The van der Waals surface area contributed by atoms with E-state index in [-0.39, 0.29) is 0 Å². The average molecular weight is 282 g/mol. The number of hydrogen-bond donors (Lipinski definition) is 0. The van der Waals surface area contributed by atoms with Crippen LogP contribution in [0.5, 0.6) is 11.5 Å². The fraction of sp³-hybridized carbons (Fsp3) is 0.235. The Labute approximate surface area is 124 Å². The minimum atomic E-state index is 0.520. The van der Waals surface area contributed by atoms with Gasteiger partial charge in [0.1, 0.15) is 11.5 Å². The molecule has 0 N–H and O–H groups in total. The lowest BCUT2D eigenvalue weighted by Crippen LogP contribution is -2.06. The van der Waals surface area contributed by atoms with Gasteiger partial charge in [0.05, 0.1) is 25.3 Å². The number of methoxy groups -OCH3 is 2. The van der Waals surface area contributed by atoms with Crippen LogP contribution >= 0.6 is 0 Å². The highest BCUT2D eigenvalue weighted by Gasteiger charge is 2.17. The highest BCUT2D eigenvalue weighted by molar-refractivity contribution is 6.09. The van der Waals surface area contributed by atoms with Crippen LogP contribution in [0.1, 0.15) is 22.3 Å². The summed E-state index contributed by atoms with van der Waals surface area (Å²) in [5.74, 6) is 1.61. The van der Waals surface area contributed by atoms with Crippen LogP contribution in [-0.4, -0.2) is 24.7 Å². The van der Waals surface area contributed by atoms with Crippen molar-refractivity contribution in [3.05, 3.63) is 64.2 Å². The summed E-state index contributed by atoms with van der Waals surface area (Å²) in [6, 6.07) is 11.4. The number of hydrogen-bond acceptors (Lipinski definition) is 2. The van der Waals surface area contributed by atoms with Crippen molar-refractivity contribution in [1.82, 2.24) is 0 Å². The first-order chi connectivity index (χ1) is 10.1. The first-order valence-electron chi connectivity index (χ1n) is 6.62. The van der Waals surface area contributed by atoms with Gasteiger partial charge in [0.15, 0.2) is 0 Å². The maximum absolute atomic E-state index is 9.39. The molecule has 2 aromatic carbocycles. The zero-order chi connectivity index (χ0) is 15.4. The van der Waals surface area contributed by atoms with Crippen LogP contribution in [0.15, 0.2) is 36.4 Å². The summed E-state index contributed by atoms with van der Waals surface area (Å²) in [6.07, 6.45) is 0. The van der Waals surface area contributed by atoms with Crippen LogP contribution in [0.2, 0.25) is 0 Å². The van der Waals surface area contributed by atoms with Crippen molar-refractivity contribution in [3.8, 4) is 11.5 Å². The molecule has 0 radical (unpaired) electrons. The Morgan fingerprint density at radius 2 is 1.29 bits per heavy atom. The van der Waals surface area contributed by atoms with E-state index in [0.717, 1.165) is 33.8 Å². The zero-order valence-electron chi connectivity index (χ0n) is 12.7. The molecule has 0 aliphatic rings. The van der Waals surface area contributed by atoms with Gasteiger partial charge in [-0.05, 0) is 61.4 Å². The second kappa shape index (κ2) is 6.25. The molecule has 21 heavy (non-hydrogen) atoms. The molecule has 0 fully saturated rings. The number of rotatable bonds is 4. The molecule has 4 nitrogen and oxygen atoms in total. The van der Waals surface area contributed by atoms with Gasteiger partial charge >= 0.3 is 5.71 Å². The van der Waals surface area contributed by atoms with E-state index >= 15 is 0 Å². The summed E-state index contributed by atoms with van der Waals surface area (Å²) in [6.45, 7) is 3.91. The number of nitrogens with zero attached hydrogens (tertiary/aromatic N) is 2. The minimum Gasteiger partial charge on any atom is -0.496 e. The second-order valence-corrected chi connectivity index (χ2v) is 4.82. The molecule has 0 amide bonds. The van der Waals surface area contributed by atoms with Gasteiger partial charge in [-0.2, -0.15) is 4.79 Å². The van der Waals surface area contributed by atoms with Crippen LogP contribution in [0.25, 0.3) is 5.53 Å². The Balaban J connectivity index is 2.48. The van der Waals surface area contributed by atoms with E-state index in [1.54, 1.807) is 14.2 Å². The summed E-state index contributed by atoms with van der Waals surface area (Å²) in [5, 5.41) is 0. The van der Waals surface area contributed by atoms with Crippen LogP contribution in [0.3, 0.4) is 0 Å². The highest BCUT2D eigenvalue weighted by atomic mass is 16.5. The molecule has 0 saturated carbocycles. The lowest BCUT2D eigenvalue weighted by atomic mass is 9.99. The molecule has 0 aliphatic heterocycles. The van der Waals surface area contributed by atoms with Crippen molar-refractivity contribution in [2.75, 3.05) is 14.2 Å². The quantitative estimate of drug-likeness (QED) is 0.490. The average Bonchev–Trinajstić information content (AvgIpc) is 2.48. The Hall–Kier alpha value is -2.58. The lowest BCUT2D eigenvalue weighted by Gasteiger charge is -2.07. The van der Waals surface area contributed by atoms with Crippen LogP contribution in [0, 0.1) is 13.8 Å². The van der Waals surface area contributed by atoms with Crippen molar-refractivity contribution in [2.45, 2.75) is 13.8 Å². The Kier molecular flexibility index (Phi) is 4.41. The summed E-state index contributed by atoms with van der Waals surface area (Å²) in [7, 11) is 3.27. The van der Waals surface area contributed by atoms with Gasteiger partial charge in [0.25, 0.3) is 0 Å². The van der Waals surface area contributed by atoms with E-state index in [9.17, 15) is 5.53 Å². The third-order valence-electron chi connectivity index (χ3n) is 3.44. The third-order valence-corrected chi connectivity index (χ3v) is 3.44. The molecule has 4 heteroatoms. The molecule has 0 bridgehead atoms. The van der Waals surface area contributed by atoms with Crippen molar-refractivity contribution < 1.29 is 14.3 Å². The van der Waals surface area contributed by atoms with Crippen molar-refractivity contribution >= 4 is 5.71 Å². The molecule has 0 aliphatic carbocycles. The maximum atomic E-state index is 9.39. The van der Waals surface area contributed by atoms with Crippen molar-refractivity contribution in [2.24, 2.45) is 0 Å². The standard InChI is InChI=1S/C17H18N2O2/c1-11-9-13(5-7-15(11)20-3)17(19-18)14-6-8-16(21-4)12(2)10-14/h5-10H,1-4H3. The molecule has 0 unspecified atom stereocenters. The molecule has 2 aromatic rings. The number of ether oxygens (including phenoxy) is 2. The Morgan fingerprint density at radius 3 is 1.57 bits per heavy atom. The fourth-order valence-electron chi connectivity index (χ4n) is 2.33. The van der Waals surface area contributed by atoms with Gasteiger partial charge in [-0.3, -0.25) is 0 Å². The third kappa shape index (κ3) is 2.96. The van der Waals surface area contributed by atoms with Gasteiger partial charge in [-0.25, -0.2) is 0 Å². The molecule has 108 valence electrons. The predicted octanol–water partition coefficient (Wildman–Crippen LogP) is 3.39. The van der Waals surface area contributed by atoms with Crippen LogP contribution < -0.4 is 9.47 Å². The van der Waals surface area contributed by atoms with E-state index in [1.807, 2.05) is 50.2 Å². The van der Waals surface area contributed by atoms with E-state index in [4.69, 9.17) is 9.47 Å². The van der Waals surface area contributed by atoms with Crippen LogP contribution in [0.4, 0.5) is 0 Å². The normalized spacial score (nSPS) is 9.90. The Morgan fingerprint density at radius 1 is 0.857 bits per heavy atom. The van der Waals surface area contributed by atoms with Crippen molar-refractivity contribution in [3.63, 3.8) is 0 Å². The van der Waals surface area contributed by atoms with Crippen molar-refractivity contribution in [1.29, 1.82) is 0 Å². The molecular formula is C17H18N2O2. The SMILES string of the molecule is COc1ccc(C(=[N+]=[N-])c2ccc(OC)c(C)c2)cc1C. The minimum absolute atomic E-state index is 0.520. The summed E-state index contributed by atoms with van der Waals surface area (Å²) < 4.78 is 10.5. The van der Waals surface area contributed by atoms with Gasteiger partial charge in [0.2, 0.25) is 0 Å². The monoisotopic (exact) mass is 282 g/mol. The Bertz CT molecular complexity index is 661. The van der Waals surface area contributed by atoms with E-state index in [0.29, 0.717) is 5.71 Å². The zero-order valence-corrected chi connectivity index (χ0v) is 12.7. The number of benzene rings is 2. The first-order valence-corrected chi connectivity index (χ1v) is 6.62. The topological polar surface area (TPSA) is 54.9 Å².